The van der Waals surface area contributed by atoms with E-state index in [0.717, 1.165) is 11.3 Å². The molecule has 0 amide bonds. The number of hydrogen-bond donors (Lipinski definition) is 0. The zero-order valence-electron chi connectivity index (χ0n) is 9.69. The van der Waals surface area contributed by atoms with Gasteiger partial charge in [0.15, 0.2) is 5.78 Å². The van der Waals surface area contributed by atoms with Crippen LogP contribution in [0, 0.1) is 6.92 Å². The van der Waals surface area contributed by atoms with E-state index in [1.165, 1.54) is 12.5 Å². The Kier molecular flexibility index (Phi) is 2.60. The Morgan fingerprint density at radius 1 is 1.31 bits per heavy atom. The summed E-state index contributed by atoms with van der Waals surface area (Å²) in [6, 6.07) is 9.99. The lowest BCUT2D eigenvalue weighted by Crippen LogP contribution is -1.97. The van der Waals surface area contributed by atoms with Gasteiger partial charge in [0.1, 0.15) is 5.69 Å². The number of benzene rings is 1. The van der Waals surface area contributed by atoms with Gasteiger partial charge >= 0.3 is 0 Å². The van der Waals surface area contributed by atoms with Crippen molar-refractivity contribution >= 4 is 5.78 Å². The van der Waals surface area contributed by atoms with Crippen LogP contribution < -0.4 is 0 Å². The van der Waals surface area contributed by atoms with Crippen molar-refractivity contribution in [1.29, 1.82) is 0 Å². The molecule has 0 radical (unpaired) electrons. The third-order valence-electron chi connectivity index (χ3n) is 2.55. The van der Waals surface area contributed by atoms with Gasteiger partial charge < -0.3 is 0 Å². The quantitative estimate of drug-likeness (QED) is 0.720. The molecular formula is C13H14N2O. The van der Waals surface area contributed by atoms with Crippen LogP contribution in [0.25, 0.3) is 11.3 Å². The molecule has 1 aromatic carbocycles. The molecule has 0 saturated carbocycles. The second kappa shape index (κ2) is 3.93. The standard InChI is InChI=1S/C13H14N2O/c1-9-5-4-6-11(7-9)13-8-12(10(2)16)14-15(13)3/h4-8H,1-3H3. The molecule has 0 saturated heterocycles. The summed E-state index contributed by atoms with van der Waals surface area (Å²) in [6.45, 7) is 3.58. The Morgan fingerprint density at radius 2 is 2.06 bits per heavy atom. The number of hydrogen-bond acceptors (Lipinski definition) is 2. The fourth-order valence-electron chi connectivity index (χ4n) is 1.71. The van der Waals surface area contributed by atoms with Crippen LogP contribution >= 0.6 is 0 Å². The van der Waals surface area contributed by atoms with Gasteiger partial charge in [0.25, 0.3) is 0 Å². The highest BCUT2D eigenvalue weighted by atomic mass is 16.1. The van der Waals surface area contributed by atoms with Gasteiger partial charge in [-0.05, 0) is 19.1 Å². The summed E-state index contributed by atoms with van der Waals surface area (Å²) in [5.41, 5.74) is 3.76. The summed E-state index contributed by atoms with van der Waals surface area (Å²) < 4.78 is 1.74. The van der Waals surface area contributed by atoms with Crippen LogP contribution in [0.5, 0.6) is 0 Å². The van der Waals surface area contributed by atoms with Gasteiger partial charge in [0.05, 0.1) is 5.69 Å². The van der Waals surface area contributed by atoms with Crippen molar-refractivity contribution in [2.24, 2.45) is 7.05 Å². The summed E-state index contributed by atoms with van der Waals surface area (Å²) in [7, 11) is 1.85. The molecule has 2 rings (SSSR count). The molecule has 1 aromatic heterocycles. The Hall–Kier alpha value is -1.90. The van der Waals surface area contributed by atoms with Gasteiger partial charge in [0, 0.05) is 19.5 Å². The fourth-order valence-corrected chi connectivity index (χ4v) is 1.71. The second-order valence-corrected chi connectivity index (χ2v) is 3.96. The zero-order valence-corrected chi connectivity index (χ0v) is 9.69. The summed E-state index contributed by atoms with van der Waals surface area (Å²) in [5.74, 6) is -0.00509. The van der Waals surface area contributed by atoms with Crippen LogP contribution in [0.15, 0.2) is 30.3 Å². The van der Waals surface area contributed by atoms with Gasteiger partial charge in [0.2, 0.25) is 0 Å². The molecule has 1 heterocycles. The van der Waals surface area contributed by atoms with Crippen molar-refractivity contribution in [2.45, 2.75) is 13.8 Å². The van der Waals surface area contributed by atoms with E-state index >= 15 is 0 Å². The number of aromatic nitrogens is 2. The van der Waals surface area contributed by atoms with Crippen molar-refractivity contribution in [3.63, 3.8) is 0 Å². The highest BCUT2D eigenvalue weighted by Gasteiger charge is 2.10. The molecule has 2 aromatic rings. The molecule has 0 aliphatic rings. The lowest BCUT2D eigenvalue weighted by Gasteiger charge is -2.02. The third kappa shape index (κ3) is 1.89. The first-order chi connectivity index (χ1) is 7.58. The van der Waals surface area contributed by atoms with E-state index in [9.17, 15) is 4.79 Å². The van der Waals surface area contributed by atoms with E-state index in [2.05, 4.69) is 11.2 Å². The molecule has 3 heteroatoms. The third-order valence-corrected chi connectivity index (χ3v) is 2.55. The number of nitrogens with zero attached hydrogens (tertiary/aromatic N) is 2. The first kappa shape index (κ1) is 10.6. The number of aryl methyl sites for hydroxylation is 2. The molecule has 82 valence electrons. The average molecular weight is 214 g/mol. The average Bonchev–Trinajstić information content (AvgIpc) is 2.60. The van der Waals surface area contributed by atoms with Crippen LogP contribution in [0.4, 0.5) is 0 Å². The summed E-state index contributed by atoms with van der Waals surface area (Å²) in [5, 5.41) is 4.18. The maximum Gasteiger partial charge on any atom is 0.180 e. The molecule has 0 unspecified atom stereocenters. The van der Waals surface area contributed by atoms with E-state index in [1.54, 1.807) is 4.68 Å². The van der Waals surface area contributed by atoms with Crippen LogP contribution in [0.2, 0.25) is 0 Å². The van der Waals surface area contributed by atoms with Gasteiger partial charge in [-0.25, -0.2) is 0 Å². The minimum absolute atomic E-state index is 0.00509. The van der Waals surface area contributed by atoms with E-state index in [1.807, 2.05) is 38.2 Å². The maximum atomic E-state index is 11.2. The topological polar surface area (TPSA) is 34.9 Å². The first-order valence-electron chi connectivity index (χ1n) is 5.20. The Labute approximate surface area is 94.7 Å². The minimum Gasteiger partial charge on any atom is -0.293 e. The molecule has 0 N–H and O–H groups in total. The molecule has 0 aliphatic heterocycles. The van der Waals surface area contributed by atoms with Gasteiger partial charge in [-0.2, -0.15) is 5.10 Å². The number of carbonyl (C=O) groups is 1. The van der Waals surface area contributed by atoms with Crippen LogP contribution in [0.1, 0.15) is 23.0 Å². The van der Waals surface area contributed by atoms with Crippen molar-refractivity contribution in [2.75, 3.05) is 0 Å². The summed E-state index contributed by atoms with van der Waals surface area (Å²) >= 11 is 0. The van der Waals surface area contributed by atoms with Gasteiger partial charge in [-0.15, -0.1) is 0 Å². The van der Waals surface area contributed by atoms with Crippen molar-refractivity contribution in [3.05, 3.63) is 41.6 Å². The molecule has 0 aliphatic carbocycles. The van der Waals surface area contributed by atoms with E-state index in [-0.39, 0.29) is 5.78 Å². The molecule has 0 fully saturated rings. The molecule has 3 nitrogen and oxygen atoms in total. The molecule has 0 spiro atoms. The highest BCUT2D eigenvalue weighted by Crippen LogP contribution is 2.20. The largest absolute Gasteiger partial charge is 0.293 e. The number of carbonyl (C=O) groups excluding carboxylic acids is 1. The minimum atomic E-state index is -0.00509. The second-order valence-electron chi connectivity index (χ2n) is 3.96. The SMILES string of the molecule is CC(=O)c1cc(-c2cccc(C)c2)n(C)n1. The number of Topliss-reactive ketones (excluding diaryl/α,β-unsaturated/α-hetero) is 1. The fraction of sp³-hybridized carbons (Fsp3) is 0.231. The smallest absolute Gasteiger partial charge is 0.180 e. The highest BCUT2D eigenvalue weighted by molar-refractivity contribution is 5.93. The Balaban J connectivity index is 2.52. The molecule has 0 bridgehead atoms. The van der Waals surface area contributed by atoms with Gasteiger partial charge in [-0.3, -0.25) is 9.48 Å². The normalized spacial score (nSPS) is 10.4. The summed E-state index contributed by atoms with van der Waals surface area (Å²) in [4.78, 5) is 11.2. The first-order valence-corrected chi connectivity index (χ1v) is 5.20. The van der Waals surface area contributed by atoms with Crippen LogP contribution in [-0.4, -0.2) is 15.6 Å². The molecular weight excluding hydrogens is 200 g/mol. The van der Waals surface area contributed by atoms with Gasteiger partial charge in [-0.1, -0.05) is 23.8 Å². The summed E-state index contributed by atoms with van der Waals surface area (Å²) in [6.07, 6.45) is 0. The number of ketones is 1. The van der Waals surface area contributed by atoms with E-state index < -0.39 is 0 Å². The van der Waals surface area contributed by atoms with Crippen molar-refractivity contribution in [3.8, 4) is 11.3 Å². The molecule has 0 atom stereocenters. The van der Waals surface area contributed by atoms with E-state index in [4.69, 9.17) is 0 Å². The lowest BCUT2D eigenvalue weighted by atomic mass is 10.1. The number of rotatable bonds is 2. The van der Waals surface area contributed by atoms with E-state index in [0.29, 0.717) is 5.69 Å². The van der Waals surface area contributed by atoms with Crippen molar-refractivity contribution in [1.82, 2.24) is 9.78 Å². The maximum absolute atomic E-state index is 11.2. The monoisotopic (exact) mass is 214 g/mol. The lowest BCUT2D eigenvalue weighted by molar-refractivity contribution is 0.101. The van der Waals surface area contributed by atoms with Crippen LogP contribution in [-0.2, 0) is 7.05 Å². The zero-order chi connectivity index (χ0) is 11.7. The van der Waals surface area contributed by atoms with Crippen molar-refractivity contribution < 1.29 is 4.79 Å². The Morgan fingerprint density at radius 3 is 2.62 bits per heavy atom. The predicted octanol–water partition coefficient (Wildman–Crippen LogP) is 2.60. The Bertz CT molecular complexity index is 541. The predicted molar refractivity (Wildman–Crippen MR) is 63.4 cm³/mol. The molecule has 16 heavy (non-hydrogen) atoms. The van der Waals surface area contributed by atoms with Crippen LogP contribution in [0.3, 0.4) is 0 Å².